The number of carboxylic acid groups (broad SMARTS) is 2. The number of benzene rings is 2. The highest BCUT2D eigenvalue weighted by Gasteiger charge is 2.32. The van der Waals surface area contributed by atoms with Gasteiger partial charge in [0.25, 0.3) is 0 Å². The molecule has 2 aromatic carbocycles. The van der Waals surface area contributed by atoms with Gasteiger partial charge in [0.05, 0.1) is 6.04 Å². The number of carbonyl (C=O) groups is 5. The highest BCUT2D eigenvalue weighted by molar-refractivity contribution is 5.94. The van der Waals surface area contributed by atoms with Gasteiger partial charge in [-0.15, -0.1) is 0 Å². The standard InChI is InChI=1S/C28H36N4O7/c1-17(2)24(27(37)31-22(28(38)39)16-19-11-7-4-8-12-19)32-26(36)21(13-14-23(33)34)30-25(35)20(29)15-18-9-5-3-6-10-18/h3-12,17,20-22,24H,13-16,29H2,1-2H3,(H,30,35)(H,31,37)(H,32,36)(H,33,34)(H,38,39). The predicted molar refractivity (Wildman–Crippen MR) is 143 cm³/mol. The Bertz CT molecular complexity index is 1130. The summed E-state index contributed by atoms with van der Waals surface area (Å²) in [6.07, 6.45) is -0.404. The zero-order chi connectivity index (χ0) is 28.9. The zero-order valence-corrected chi connectivity index (χ0v) is 22.0. The molecule has 2 aromatic rings. The smallest absolute Gasteiger partial charge is 0.326 e. The van der Waals surface area contributed by atoms with Crippen LogP contribution in [0.2, 0.25) is 0 Å². The van der Waals surface area contributed by atoms with E-state index in [1.807, 2.05) is 6.07 Å². The molecule has 4 atom stereocenters. The molecule has 7 N–H and O–H groups in total. The topological polar surface area (TPSA) is 188 Å². The number of rotatable bonds is 15. The van der Waals surface area contributed by atoms with E-state index in [1.54, 1.807) is 68.4 Å². The monoisotopic (exact) mass is 540 g/mol. The molecule has 3 amide bonds. The highest BCUT2D eigenvalue weighted by atomic mass is 16.4. The minimum absolute atomic E-state index is 0.0390. The molecule has 0 radical (unpaired) electrons. The lowest BCUT2D eigenvalue weighted by molar-refractivity contribution is -0.142. The van der Waals surface area contributed by atoms with Crippen molar-refractivity contribution in [2.75, 3.05) is 0 Å². The van der Waals surface area contributed by atoms with Crippen LogP contribution < -0.4 is 21.7 Å². The number of aliphatic carboxylic acids is 2. The summed E-state index contributed by atoms with van der Waals surface area (Å²) in [6.45, 7) is 3.33. The minimum atomic E-state index is -1.27. The SMILES string of the molecule is CC(C)C(NC(=O)C(CCC(=O)O)NC(=O)C(N)Cc1ccccc1)C(=O)NC(Cc1ccccc1)C(=O)O. The molecule has 11 nitrogen and oxygen atoms in total. The van der Waals surface area contributed by atoms with Crippen LogP contribution in [0.5, 0.6) is 0 Å². The van der Waals surface area contributed by atoms with Gasteiger partial charge in [-0.05, 0) is 29.9 Å². The molecule has 0 bridgehead atoms. The van der Waals surface area contributed by atoms with Gasteiger partial charge in [0, 0.05) is 12.8 Å². The van der Waals surface area contributed by atoms with Crippen LogP contribution in [0.25, 0.3) is 0 Å². The van der Waals surface area contributed by atoms with Crippen LogP contribution in [0, 0.1) is 5.92 Å². The van der Waals surface area contributed by atoms with E-state index in [9.17, 15) is 29.1 Å². The second kappa shape index (κ2) is 15.2. The summed E-state index contributed by atoms with van der Waals surface area (Å²) in [6, 6.07) is 13.2. The van der Waals surface area contributed by atoms with Gasteiger partial charge < -0.3 is 31.9 Å². The van der Waals surface area contributed by atoms with Crippen LogP contribution >= 0.6 is 0 Å². The zero-order valence-electron chi connectivity index (χ0n) is 22.0. The molecular weight excluding hydrogens is 504 g/mol. The van der Waals surface area contributed by atoms with Crippen molar-refractivity contribution in [2.45, 2.75) is 63.7 Å². The average molecular weight is 541 g/mol. The van der Waals surface area contributed by atoms with Crippen molar-refractivity contribution in [1.29, 1.82) is 0 Å². The lowest BCUT2D eigenvalue weighted by Gasteiger charge is -2.27. The third-order valence-electron chi connectivity index (χ3n) is 6.06. The first-order valence-corrected chi connectivity index (χ1v) is 12.7. The Kier molecular flexibility index (Phi) is 12.1. The van der Waals surface area contributed by atoms with E-state index in [-0.39, 0.29) is 19.3 Å². The fraction of sp³-hybridized carbons (Fsp3) is 0.393. The summed E-state index contributed by atoms with van der Waals surface area (Å²) in [4.78, 5) is 61.9. The van der Waals surface area contributed by atoms with E-state index >= 15 is 0 Å². The number of carboxylic acids is 2. The van der Waals surface area contributed by atoms with Crippen molar-refractivity contribution in [3.63, 3.8) is 0 Å². The van der Waals surface area contributed by atoms with Gasteiger partial charge in [-0.3, -0.25) is 19.2 Å². The summed E-state index contributed by atoms with van der Waals surface area (Å²) in [5, 5.41) is 26.3. The van der Waals surface area contributed by atoms with Crippen molar-refractivity contribution in [3.8, 4) is 0 Å². The number of hydrogen-bond acceptors (Lipinski definition) is 6. The molecule has 210 valence electrons. The highest BCUT2D eigenvalue weighted by Crippen LogP contribution is 2.09. The second-order valence-electron chi connectivity index (χ2n) is 9.61. The van der Waals surface area contributed by atoms with Gasteiger partial charge in [-0.2, -0.15) is 0 Å². The van der Waals surface area contributed by atoms with Crippen LogP contribution in [0.15, 0.2) is 60.7 Å². The molecule has 0 aromatic heterocycles. The molecule has 0 saturated carbocycles. The van der Waals surface area contributed by atoms with Crippen LogP contribution in [0.1, 0.15) is 37.8 Å². The van der Waals surface area contributed by atoms with Crippen LogP contribution in [-0.4, -0.2) is 64.0 Å². The Balaban J connectivity index is 2.11. The van der Waals surface area contributed by atoms with Gasteiger partial charge in [0.2, 0.25) is 17.7 Å². The number of amides is 3. The maximum Gasteiger partial charge on any atom is 0.326 e. The third kappa shape index (κ3) is 10.6. The first kappa shape index (κ1) is 31.0. The maximum atomic E-state index is 13.1. The number of nitrogens with two attached hydrogens (primary N) is 1. The Morgan fingerprint density at radius 2 is 1.23 bits per heavy atom. The van der Waals surface area contributed by atoms with E-state index in [0.717, 1.165) is 5.56 Å². The molecule has 0 aliphatic rings. The quantitative estimate of drug-likeness (QED) is 0.192. The van der Waals surface area contributed by atoms with Crippen LogP contribution in [0.4, 0.5) is 0 Å². The van der Waals surface area contributed by atoms with Gasteiger partial charge in [-0.25, -0.2) is 4.79 Å². The second-order valence-corrected chi connectivity index (χ2v) is 9.61. The molecule has 0 spiro atoms. The van der Waals surface area contributed by atoms with E-state index < -0.39 is 66.2 Å². The molecule has 2 rings (SSSR count). The third-order valence-corrected chi connectivity index (χ3v) is 6.06. The normalized spacial score (nSPS) is 13.9. The molecule has 0 fully saturated rings. The van der Waals surface area contributed by atoms with Crippen LogP contribution in [-0.2, 0) is 36.8 Å². The molecule has 0 heterocycles. The van der Waals surface area contributed by atoms with Gasteiger partial charge in [-0.1, -0.05) is 74.5 Å². The van der Waals surface area contributed by atoms with Crippen LogP contribution in [0.3, 0.4) is 0 Å². The van der Waals surface area contributed by atoms with Crippen molar-refractivity contribution in [2.24, 2.45) is 11.7 Å². The van der Waals surface area contributed by atoms with Gasteiger partial charge in [0.15, 0.2) is 0 Å². The molecule has 11 heteroatoms. The summed E-state index contributed by atoms with van der Waals surface area (Å²) < 4.78 is 0. The average Bonchev–Trinajstić information content (AvgIpc) is 2.89. The number of carbonyl (C=O) groups excluding carboxylic acids is 3. The van der Waals surface area contributed by atoms with Gasteiger partial charge in [0.1, 0.15) is 18.1 Å². The van der Waals surface area contributed by atoms with Crippen molar-refractivity contribution in [1.82, 2.24) is 16.0 Å². The maximum absolute atomic E-state index is 13.1. The lowest BCUT2D eigenvalue weighted by Crippen LogP contribution is -2.58. The molecular formula is C28H36N4O7. The Morgan fingerprint density at radius 3 is 1.72 bits per heavy atom. The van der Waals surface area contributed by atoms with E-state index in [2.05, 4.69) is 16.0 Å². The summed E-state index contributed by atoms with van der Waals surface area (Å²) in [7, 11) is 0. The Morgan fingerprint density at radius 1 is 0.718 bits per heavy atom. The molecule has 0 aliphatic heterocycles. The Labute approximate surface area is 227 Å². The van der Waals surface area contributed by atoms with E-state index in [1.165, 1.54) is 0 Å². The lowest BCUT2D eigenvalue weighted by atomic mass is 10.00. The fourth-order valence-electron chi connectivity index (χ4n) is 3.88. The van der Waals surface area contributed by atoms with Gasteiger partial charge >= 0.3 is 11.9 Å². The van der Waals surface area contributed by atoms with Crippen molar-refractivity contribution in [3.05, 3.63) is 71.8 Å². The van der Waals surface area contributed by atoms with Crippen molar-refractivity contribution < 1.29 is 34.2 Å². The Hall–Kier alpha value is -4.25. The summed E-state index contributed by atoms with van der Waals surface area (Å²) in [5.74, 6) is -5.00. The van der Waals surface area contributed by atoms with E-state index in [0.29, 0.717) is 5.56 Å². The number of nitrogens with one attached hydrogen (secondary N) is 3. The van der Waals surface area contributed by atoms with Crippen molar-refractivity contribution >= 4 is 29.7 Å². The largest absolute Gasteiger partial charge is 0.481 e. The molecule has 0 saturated heterocycles. The first-order chi connectivity index (χ1) is 18.5. The summed E-state index contributed by atoms with van der Waals surface area (Å²) in [5.41, 5.74) is 7.54. The fourth-order valence-corrected chi connectivity index (χ4v) is 3.88. The summed E-state index contributed by atoms with van der Waals surface area (Å²) >= 11 is 0. The molecule has 39 heavy (non-hydrogen) atoms. The molecule has 0 aliphatic carbocycles. The molecule has 4 unspecified atom stereocenters. The first-order valence-electron chi connectivity index (χ1n) is 12.7. The van der Waals surface area contributed by atoms with E-state index in [4.69, 9.17) is 10.8 Å². The predicted octanol–water partition coefficient (Wildman–Crippen LogP) is 0.859. The minimum Gasteiger partial charge on any atom is -0.481 e. The number of hydrogen-bond donors (Lipinski definition) is 6.